The zero-order valence-corrected chi connectivity index (χ0v) is 13.0. The first-order chi connectivity index (χ1) is 8.33. The average molecular weight is 314 g/mol. The van der Waals surface area contributed by atoms with Crippen LogP contribution in [0.5, 0.6) is 0 Å². The third-order valence-corrected chi connectivity index (χ3v) is 2.73. The lowest BCUT2D eigenvalue weighted by Gasteiger charge is -2.27. The van der Waals surface area contributed by atoms with Gasteiger partial charge in [0, 0.05) is 16.7 Å². The second-order valence-corrected chi connectivity index (χ2v) is 6.02. The van der Waals surface area contributed by atoms with Crippen LogP contribution in [0.1, 0.15) is 34.1 Å². The average Bonchev–Trinajstić information content (AvgIpc) is 2.25. The van der Waals surface area contributed by atoms with E-state index in [1.54, 1.807) is 4.90 Å². The maximum atomic E-state index is 12.1. The van der Waals surface area contributed by atoms with Gasteiger partial charge in [-0.25, -0.2) is 4.79 Å². The minimum absolute atomic E-state index is 0.299. The maximum absolute atomic E-state index is 12.1. The van der Waals surface area contributed by atoms with Crippen LogP contribution in [0, 0.1) is 0 Å². The summed E-state index contributed by atoms with van der Waals surface area (Å²) in [6, 6.07) is 7.65. The Morgan fingerprint density at radius 1 is 1.28 bits per heavy atom. The molecule has 0 aliphatic heterocycles. The van der Waals surface area contributed by atoms with Crippen LogP contribution in [0.4, 0.5) is 10.5 Å². The number of hydrogen-bond acceptors (Lipinski definition) is 2. The van der Waals surface area contributed by atoms with Crippen molar-refractivity contribution in [3.05, 3.63) is 28.7 Å². The minimum Gasteiger partial charge on any atom is -0.443 e. The number of amides is 1. The van der Waals surface area contributed by atoms with Gasteiger partial charge in [-0.3, -0.25) is 4.90 Å². The number of halogens is 1. The number of ether oxygens (including phenoxy) is 1. The Morgan fingerprint density at radius 3 is 2.28 bits per heavy atom. The number of anilines is 1. The van der Waals surface area contributed by atoms with Crippen molar-refractivity contribution in [3.8, 4) is 0 Å². The highest BCUT2D eigenvalue weighted by Gasteiger charge is 2.22. The van der Waals surface area contributed by atoms with E-state index in [0.717, 1.165) is 16.6 Å². The van der Waals surface area contributed by atoms with Gasteiger partial charge in [0.2, 0.25) is 0 Å². The molecule has 0 saturated heterocycles. The third kappa shape index (κ3) is 4.69. The van der Waals surface area contributed by atoms with Gasteiger partial charge in [0.25, 0.3) is 0 Å². The molecule has 3 nitrogen and oxygen atoms in total. The summed E-state index contributed by atoms with van der Waals surface area (Å²) in [6.07, 6.45) is 0.585. The summed E-state index contributed by atoms with van der Waals surface area (Å²) in [6.45, 7) is 8.30. The molecule has 0 aromatic heterocycles. The number of rotatable bonds is 3. The molecule has 1 rings (SSSR count). The quantitative estimate of drug-likeness (QED) is 0.816. The van der Waals surface area contributed by atoms with Gasteiger partial charge in [-0.1, -0.05) is 22.9 Å². The van der Waals surface area contributed by atoms with Crippen molar-refractivity contribution in [2.75, 3.05) is 11.4 Å². The Bertz CT molecular complexity index is 395. The van der Waals surface area contributed by atoms with Crippen LogP contribution in [-0.4, -0.2) is 18.2 Å². The first kappa shape index (κ1) is 15.0. The van der Waals surface area contributed by atoms with Crippen LogP contribution < -0.4 is 4.90 Å². The number of hydrogen-bond donors (Lipinski definition) is 0. The molecule has 1 amide bonds. The highest BCUT2D eigenvalue weighted by molar-refractivity contribution is 9.10. The van der Waals surface area contributed by atoms with Crippen LogP contribution in [0.15, 0.2) is 28.7 Å². The Labute approximate surface area is 117 Å². The Kier molecular flexibility index (Phi) is 5.20. The Morgan fingerprint density at radius 2 is 1.83 bits per heavy atom. The van der Waals surface area contributed by atoms with E-state index in [1.807, 2.05) is 52.0 Å². The summed E-state index contributed by atoms with van der Waals surface area (Å²) in [4.78, 5) is 13.8. The topological polar surface area (TPSA) is 29.5 Å². The molecule has 0 aliphatic carbocycles. The van der Waals surface area contributed by atoms with Gasteiger partial charge in [0.1, 0.15) is 5.60 Å². The van der Waals surface area contributed by atoms with Gasteiger partial charge >= 0.3 is 6.09 Å². The number of benzene rings is 1. The molecule has 1 aromatic carbocycles. The molecule has 0 atom stereocenters. The summed E-state index contributed by atoms with van der Waals surface area (Å²) in [5.74, 6) is 0. The van der Waals surface area contributed by atoms with Crippen LogP contribution in [0.2, 0.25) is 0 Å². The smallest absolute Gasteiger partial charge is 0.414 e. The number of carbonyl (C=O) groups excluding carboxylic acids is 1. The fourth-order valence-corrected chi connectivity index (χ4v) is 1.75. The summed E-state index contributed by atoms with van der Waals surface area (Å²) >= 11 is 3.38. The van der Waals surface area contributed by atoms with Crippen molar-refractivity contribution in [2.45, 2.75) is 39.7 Å². The molecule has 1 aromatic rings. The number of nitrogens with zero attached hydrogens (tertiary/aromatic N) is 1. The Balaban J connectivity index is 2.88. The molecule has 0 N–H and O–H groups in total. The van der Waals surface area contributed by atoms with E-state index in [-0.39, 0.29) is 6.09 Å². The normalized spacial score (nSPS) is 11.2. The van der Waals surface area contributed by atoms with Crippen molar-refractivity contribution in [3.63, 3.8) is 0 Å². The highest BCUT2D eigenvalue weighted by Crippen LogP contribution is 2.21. The first-order valence-electron chi connectivity index (χ1n) is 6.09. The molecule has 4 heteroatoms. The molecular weight excluding hydrogens is 294 g/mol. The number of carbonyl (C=O) groups is 1. The van der Waals surface area contributed by atoms with Crippen molar-refractivity contribution >= 4 is 27.7 Å². The second-order valence-electron chi connectivity index (χ2n) is 5.11. The lowest BCUT2D eigenvalue weighted by atomic mass is 10.2. The second kappa shape index (κ2) is 6.23. The lowest BCUT2D eigenvalue weighted by Crippen LogP contribution is -2.37. The van der Waals surface area contributed by atoms with E-state index in [1.165, 1.54) is 0 Å². The van der Waals surface area contributed by atoms with Crippen molar-refractivity contribution < 1.29 is 9.53 Å². The SMILES string of the molecule is CCCN(C(=O)OC(C)(C)C)c1ccc(Br)cc1. The van der Waals surface area contributed by atoms with Gasteiger partial charge in [-0.15, -0.1) is 0 Å². The van der Waals surface area contributed by atoms with E-state index >= 15 is 0 Å². The van der Waals surface area contributed by atoms with E-state index in [0.29, 0.717) is 6.54 Å². The largest absolute Gasteiger partial charge is 0.443 e. The molecule has 0 radical (unpaired) electrons. The third-order valence-electron chi connectivity index (χ3n) is 2.20. The predicted octanol–water partition coefficient (Wildman–Crippen LogP) is 4.60. The lowest BCUT2D eigenvalue weighted by molar-refractivity contribution is 0.0580. The molecule has 0 aliphatic rings. The monoisotopic (exact) mass is 313 g/mol. The van der Waals surface area contributed by atoms with Gasteiger partial charge in [-0.2, -0.15) is 0 Å². The highest BCUT2D eigenvalue weighted by atomic mass is 79.9. The molecule has 0 heterocycles. The van der Waals surface area contributed by atoms with E-state index < -0.39 is 5.60 Å². The molecule has 0 saturated carbocycles. The molecule has 0 bridgehead atoms. The summed E-state index contributed by atoms with van der Waals surface area (Å²) in [5, 5.41) is 0. The van der Waals surface area contributed by atoms with E-state index in [9.17, 15) is 4.79 Å². The Hall–Kier alpha value is -1.03. The molecule has 0 spiro atoms. The van der Waals surface area contributed by atoms with Crippen molar-refractivity contribution in [1.29, 1.82) is 0 Å². The van der Waals surface area contributed by atoms with E-state index in [2.05, 4.69) is 15.9 Å². The maximum Gasteiger partial charge on any atom is 0.414 e. The predicted molar refractivity (Wildman–Crippen MR) is 78.0 cm³/mol. The van der Waals surface area contributed by atoms with Crippen LogP contribution >= 0.6 is 15.9 Å². The van der Waals surface area contributed by atoms with Crippen molar-refractivity contribution in [2.24, 2.45) is 0 Å². The molecular formula is C14H20BrNO2. The zero-order valence-electron chi connectivity index (χ0n) is 11.4. The molecule has 100 valence electrons. The van der Waals surface area contributed by atoms with Crippen LogP contribution in [0.3, 0.4) is 0 Å². The minimum atomic E-state index is -0.474. The summed E-state index contributed by atoms with van der Waals surface area (Å²) in [7, 11) is 0. The van der Waals surface area contributed by atoms with Gasteiger partial charge in [-0.05, 0) is 51.5 Å². The first-order valence-corrected chi connectivity index (χ1v) is 6.89. The zero-order chi connectivity index (χ0) is 13.8. The van der Waals surface area contributed by atoms with E-state index in [4.69, 9.17) is 4.74 Å². The van der Waals surface area contributed by atoms with Gasteiger partial charge in [0.05, 0.1) is 0 Å². The summed E-state index contributed by atoms with van der Waals surface area (Å²) < 4.78 is 6.40. The van der Waals surface area contributed by atoms with Crippen molar-refractivity contribution in [1.82, 2.24) is 0 Å². The van der Waals surface area contributed by atoms with Gasteiger partial charge < -0.3 is 4.74 Å². The standard InChI is InChI=1S/C14H20BrNO2/c1-5-10-16(13(17)18-14(2,3)4)12-8-6-11(15)7-9-12/h6-9H,5,10H2,1-4H3. The fraction of sp³-hybridized carbons (Fsp3) is 0.500. The fourth-order valence-electron chi connectivity index (χ4n) is 1.49. The molecule has 0 fully saturated rings. The summed E-state index contributed by atoms with van der Waals surface area (Å²) in [5.41, 5.74) is 0.382. The molecule has 0 unspecified atom stereocenters. The van der Waals surface area contributed by atoms with Gasteiger partial charge in [0.15, 0.2) is 0 Å². The van der Waals surface area contributed by atoms with Crippen LogP contribution in [-0.2, 0) is 4.74 Å². The molecule has 18 heavy (non-hydrogen) atoms. The van der Waals surface area contributed by atoms with Crippen LogP contribution in [0.25, 0.3) is 0 Å².